The maximum Gasteiger partial charge on any atom is 0.141 e. The summed E-state index contributed by atoms with van der Waals surface area (Å²) in [4.78, 5) is 4.68. The van der Waals surface area contributed by atoms with Gasteiger partial charge in [0.2, 0.25) is 0 Å². The molecule has 0 saturated heterocycles. The van der Waals surface area contributed by atoms with E-state index in [2.05, 4.69) is 29.2 Å². The first-order valence-corrected chi connectivity index (χ1v) is 7.56. The van der Waals surface area contributed by atoms with Crippen LogP contribution in [0.4, 0.5) is 0 Å². The van der Waals surface area contributed by atoms with Crippen molar-refractivity contribution in [2.24, 2.45) is 0 Å². The first-order valence-electron chi connectivity index (χ1n) is 7.56. The van der Waals surface area contributed by atoms with E-state index in [1.165, 1.54) is 0 Å². The second-order valence-electron chi connectivity index (χ2n) is 5.46. The number of pyridine rings is 1. The number of para-hydroxylation sites is 1. The standard InChI is InChI=1S/C21H15NO/c23-20-12-6-9-16-13-14-19(22-21(16)20)18-11-5-4-10-17(18)15-7-2-1-3-8-15/h1-14,23H. The first-order chi connectivity index (χ1) is 11.3. The van der Waals surface area contributed by atoms with Gasteiger partial charge in [-0.25, -0.2) is 4.98 Å². The third-order valence-corrected chi connectivity index (χ3v) is 3.99. The summed E-state index contributed by atoms with van der Waals surface area (Å²) in [6.07, 6.45) is 0. The van der Waals surface area contributed by atoms with Gasteiger partial charge in [-0.2, -0.15) is 0 Å². The Hall–Kier alpha value is -3.13. The van der Waals surface area contributed by atoms with Gasteiger partial charge in [-0.15, -0.1) is 0 Å². The average Bonchev–Trinajstić information content (AvgIpc) is 2.63. The Labute approximate surface area is 134 Å². The van der Waals surface area contributed by atoms with Crippen LogP contribution in [-0.4, -0.2) is 10.1 Å². The lowest BCUT2D eigenvalue weighted by Crippen LogP contribution is -1.89. The van der Waals surface area contributed by atoms with E-state index in [9.17, 15) is 5.11 Å². The van der Waals surface area contributed by atoms with E-state index in [0.717, 1.165) is 27.8 Å². The van der Waals surface area contributed by atoms with E-state index in [1.54, 1.807) is 6.07 Å². The second-order valence-corrected chi connectivity index (χ2v) is 5.46. The van der Waals surface area contributed by atoms with Crippen LogP contribution in [0.5, 0.6) is 5.75 Å². The van der Waals surface area contributed by atoms with Crippen molar-refractivity contribution in [3.8, 4) is 28.1 Å². The SMILES string of the molecule is Oc1cccc2ccc(-c3ccccc3-c3ccccc3)nc12. The smallest absolute Gasteiger partial charge is 0.141 e. The van der Waals surface area contributed by atoms with Gasteiger partial charge >= 0.3 is 0 Å². The van der Waals surface area contributed by atoms with Crippen LogP contribution in [-0.2, 0) is 0 Å². The van der Waals surface area contributed by atoms with Crippen molar-refractivity contribution in [1.82, 2.24) is 4.98 Å². The van der Waals surface area contributed by atoms with E-state index in [1.807, 2.05) is 54.6 Å². The molecule has 0 saturated carbocycles. The monoisotopic (exact) mass is 297 g/mol. The van der Waals surface area contributed by atoms with Crippen LogP contribution in [0.2, 0.25) is 0 Å². The number of hydrogen-bond donors (Lipinski definition) is 1. The zero-order valence-electron chi connectivity index (χ0n) is 12.5. The molecular weight excluding hydrogens is 282 g/mol. The summed E-state index contributed by atoms with van der Waals surface area (Å²) in [5.74, 6) is 0.210. The fourth-order valence-corrected chi connectivity index (χ4v) is 2.86. The van der Waals surface area contributed by atoms with Crippen molar-refractivity contribution in [2.45, 2.75) is 0 Å². The molecule has 3 aromatic carbocycles. The molecule has 1 N–H and O–H groups in total. The molecule has 2 heteroatoms. The fourth-order valence-electron chi connectivity index (χ4n) is 2.86. The van der Waals surface area contributed by atoms with Gasteiger partial charge in [0.1, 0.15) is 11.3 Å². The topological polar surface area (TPSA) is 33.1 Å². The number of phenolic OH excluding ortho intramolecular Hbond substituents is 1. The molecule has 0 radical (unpaired) electrons. The van der Waals surface area contributed by atoms with Crippen LogP contribution >= 0.6 is 0 Å². The van der Waals surface area contributed by atoms with Crippen LogP contribution in [0.1, 0.15) is 0 Å². The molecule has 0 amide bonds. The van der Waals surface area contributed by atoms with Crippen molar-refractivity contribution in [3.05, 3.63) is 84.9 Å². The molecular formula is C21H15NO. The lowest BCUT2D eigenvalue weighted by molar-refractivity contribution is 0.480. The summed E-state index contributed by atoms with van der Waals surface area (Å²) in [7, 11) is 0. The minimum atomic E-state index is 0.210. The third kappa shape index (κ3) is 2.44. The van der Waals surface area contributed by atoms with Crippen LogP contribution in [0.25, 0.3) is 33.3 Å². The highest BCUT2D eigenvalue weighted by Crippen LogP contribution is 2.33. The summed E-state index contributed by atoms with van der Waals surface area (Å²) in [5, 5.41) is 11.0. The second kappa shape index (κ2) is 5.58. The van der Waals surface area contributed by atoms with Gasteiger partial charge < -0.3 is 5.11 Å². The van der Waals surface area contributed by atoms with E-state index < -0.39 is 0 Å². The third-order valence-electron chi connectivity index (χ3n) is 3.99. The molecule has 0 aliphatic rings. The molecule has 1 aromatic heterocycles. The van der Waals surface area contributed by atoms with Gasteiger partial charge in [0.05, 0.1) is 5.69 Å². The Morgan fingerprint density at radius 2 is 1.35 bits per heavy atom. The van der Waals surface area contributed by atoms with Gasteiger partial charge in [-0.1, -0.05) is 72.8 Å². The van der Waals surface area contributed by atoms with Gasteiger partial charge in [0, 0.05) is 10.9 Å². The van der Waals surface area contributed by atoms with Crippen molar-refractivity contribution in [2.75, 3.05) is 0 Å². The highest BCUT2D eigenvalue weighted by molar-refractivity contribution is 5.89. The maximum absolute atomic E-state index is 10.1. The van der Waals surface area contributed by atoms with Crippen molar-refractivity contribution >= 4 is 10.9 Å². The molecule has 0 unspecified atom stereocenters. The zero-order chi connectivity index (χ0) is 15.6. The number of aromatic nitrogens is 1. The largest absolute Gasteiger partial charge is 0.506 e. The number of aromatic hydroxyl groups is 1. The molecule has 4 rings (SSSR count). The van der Waals surface area contributed by atoms with Crippen molar-refractivity contribution in [3.63, 3.8) is 0 Å². The molecule has 4 aromatic rings. The summed E-state index contributed by atoms with van der Waals surface area (Å²) >= 11 is 0. The van der Waals surface area contributed by atoms with Crippen LogP contribution in [0.3, 0.4) is 0 Å². The van der Waals surface area contributed by atoms with E-state index in [4.69, 9.17) is 0 Å². The predicted molar refractivity (Wildman–Crippen MR) is 94.3 cm³/mol. The molecule has 0 bridgehead atoms. The van der Waals surface area contributed by atoms with Gasteiger partial charge in [0.25, 0.3) is 0 Å². The molecule has 0 atom stereocenters. The first kappa shape index (κ1) is 13.5. The lowest BCUT2D eigenvalue weighted by atomic mass is 9.97. The number of rotatable bonds is 2. The molecule has 0 aliphatic heterocycles. The summed E-state index contributed by atoms with van der Waals surface area (Å²) in [6.45, 7) is 0. The molecule has 0 spiro atoms. The van der Waals surface area contributed by atoms with Crippen LogP contribution in [0.15, 0.2) is 84.9 Å². The van der Waals surface area contributed by atoms with Crippen LogP contribution in [0, 0.1) is 0 Å². The van der Waals surface area contributed by atoms with Gasteiger partial charge in [-0.3, -0.25) is 0 Å². The summed E-state index contributed by atoms with van der Waals surface area (Å²) in [5.41, 5.74) is 4.84. The lowest BCUT2D eigenvalue weighted by Gasteiger charge is -2.10. The fraction of sp³-hybridized carbons (Fsp3) is 0. The summed E-state index contributed by atoms with van der Waals surface area (Å²) in [6, 6.07) is 27.9. The average molecular weight is 297 g/mol. The van der Waals surface area contributed by atoms with E-state index >= 15 is 0 Å². The Kier molecular flexibility index (Phi) is 3.28. The highest BCUT2D eigenvalue weighted by Gasteiger charge is 2.09. The number of benzene rings is 3. The minimum absolute atomic E-state index is 0.210. The quantitative estimate of drug-likeness (QED) is 0.546. The predicted octanol–water partition coefficient (Wildman–Crippen LogP) is 5.27. The molecule has 1 heterocycles. The van der Waals surface area contributed by atoms with Crippen LogP contribution < -0.4 is 0 Å². The molecule has 2 nitrogen and oxygen atoms in total. The minimum Gasteiger partial charge on any atom is -0.506 e. The number of nitrogens with zero attached hydrogens (tertiary/aromatic N) is 1. The Balaban J connectivity index is 1.94. The van der Waals surface area contributed by atoms with E-state index in [-0.39, 0.29) is 5.75 Å². The normalized spacial score (nSPS) is 10.8. The number of hydrogen-bond acceptors (Lipinski definition) is 2. The van der Waals surface area contributed by atoms with Gasteiger partial charge in [-0.05, 0) is 23.3 Å². The molecule has 0 aliphatic carbocycles. The number of fused-ring (bicyclic) bond motifs is 1. The van der Waals surface area contributed by atoms with Gasteiger partial charge in [0.15, 0.2) is 0 Å². The van der Waals surface area contributed by atoms with Crippen molar-refractivity contribution in [1.29, 1.82) is 0 Å². The maximum atomic E-state index is 10.1. The summed E-state index contributed by atoms with van der Waals surface area (Å²) < 4.78 is 0. The Bertz CT molecular complexity index is 977. The highest BCUT2D eigenvalue weighted by atomic mass is 16.3. The van der Waals surface area contributed by atoms with E-state index in [0.29, 0.717) is 5.52 Å². The zero-order valence-corrected chi connectivity index (χ0v) is 12.5. The Morgan fingerprint density at radius 3 is 2.17 bits per heavy atom. The Morgan fingerprint density at radius 1 is 0.609 bits per heavy atom. The molecule has 0 fully saturated rings. The molecule has 110 valence electrons. The van der Waals surface area contributed by atoms with Crippen molar-refractivity contribution < 1.29 is 5.11 Å². The molecule has 23 heavy (non-hydrogen) atoms. The number of phenols is 1.